The standard InChI is InChI=1S/C65H45NO/c1-44-16-15-23-51(40-44)65(50-21-9-4-10-22-50)60-27-14-12-25-56(60)58-37-35-54(43-62(58)65)66(52-32-30-45(31-33-52)47-29-28-46-38-39-67-63(46)41-47)53-34-36-57-55-24-11-13-26-59(55)64(61(57)42-53,48-17-5-2-6-18-48)49-19-7-3-8-20-49/h2-43H,1H3. The predicted molar refractivity (Wildman–Crippen MR) is 276 cm³/mol. The molecule has 0 spiro atoms. The Kier molecular flexibility index (Phi) is 8.91. The van der Waals surface area contributed by atoms with Gasteiger partial charge in [0.25, 0.3) is 0 Å². The van der Waals surface area contributed by atoms with E-state index in [1.807, 2.05) is 6.07 Å². The summed E-state index contributed by atoms with van der Waals surface area (Å²) in [5.74, 6) is 0. The summed E-state index contributed by atoms with van der Waals surface area (Å²) in [5.41, 5.74) is 21.7. The van der Waals surface area contributed by atoms with Crippen molar-refractivity contribution in [3.05, 3.63) is 305 Å². The van der Waals surface area contributed by atoms with Gasteiger partial charge in [0, 0.05) is 22.4 Å². The lowest BCUT2D eigenvalue weighted by Crippen LogP contribution is -2.29. The maximum absolute atomic E-state index is 5.84. The molecule has 316 valence electrons. The van der Waals surface area contributed by atoms with Crippen molar-refractivity contribution in [2.24, 2.45) is 0 Å². The highest BCUT2D eigenvalue weighted by Gasteiger charge is 2.48. The van der Waals surface area contributed by atoms with Crippen LogP contribution in [0.15, 0.2) is 259 Å². The minimum absolute atomic E-state index is 0.544. The van der Waals surface area contributed by atoms with E-state index in [4.69, 9.17) is 4.42 Å². The van der Waals surface area contributed by atoms with Crippen LogP contribution < -0.4 is 4.90 Å². The Bertz CT molecular complexity index is 3600. The van der Waals surface area contributed by atoms with E-state index >= 15 is 0 Å². The van der Waals surface area contributed by atoms with Crippen molar-refractivity contribution in [2.75, 3.05) is 4.90 Å². The number of hydrogen-bond acceptors (Lipinski definition) is 2. The third kappa shape index (κ3) is 5.83. The molecule has 0 amide bonds. The quantitative estimate of drug-likeness (QED) is 0.151. The minimum Gasteiger partial charge on any atom is -0.464 e. The second kappa shape index (κ2) is 15.3. The summed E-state index contributed by atoms with van der Waals surface area (Å²) < 4.78 is 5.84. The molecule has 0 radical (unpaired) electrons. The Balaban J connectivity index is 1.07. The van der Waals surface area contributed by atoms with Crippen molar-refractivity contribution in [3.63, 3.8) is 0 Å². The second-order valence-electron chi connectivity index (χ2n) is 18.1. The number of anilines is 3. The van der Waals surface area contributed by atoms with Gasteiger partial charge in [0.15, 0.2) is 0 Å². The molecule has 0 saturated heterocycles. The summed E-state index contributed by atoms with van der Waals surface area (Å²) in [5, 5.41) is 1.10. The number of fused-ring (bicyclic) bond motifs is 7. The highest BCUT2D eigenvalue weighted by molar-refractivity contribution is 5.93. The Labute approximate surface area is 391 Å². The van der Waals surface area contributed by atoms with Gasteiger partial charge in [-0.2, -0.15) is 0 Å². The van der Waals surface area contributed by atoms with Crippen molar-refractivity contribution < 1.29 is 4.42 Å². The molecule has 1 aromatic heterocycles. The van der Waals surface area contributed by atoms with Gasteiger partial charge in [-0.3, -0.25) is 0 Å². The van der Waals surface area contributed by atoms with E-state index in [1.165, 1.54) is 72.3 Å². The van der Waals surface area contributed by atoms with Crippen molar-refractivity contribution in [2.45, 2.75) is 17.8 Å². The molecule has 67 heavy (non-hydrogen) atoms. The van der Waals surface area contributed by atoms with Crippen molar-refractivity contribution in [1.82, 2.24) is 0 Å². The maximum Gasteiger partial charge on any atom is 0.134 e. The molecule has 2 aliphatic rings. The van der Waals surface area contributed by atoms with Crippen LogP contribution in [0.1, 0.15) is 50.1 Å². The third-order valence-corrected chi connectivity index (χ3v) is 14.6. The Morgan fingerprint density at radius 2 is 0.791 bits per heavy atom. The summed E-state index contributed by atoms with van der Waals surface area (Å²) >= 11 is 0. The van der Waals surface area contributed by atoms with Gasteiger partial charge in [-0.05, 0) is 133 Å². The van der Waals surface area contributed by atoms with E-state index in [2.05, 4.69) is 254 Å². The smallest absolute Gasteiger partial charge is 0.134 e. The Morgan fingerprint density at radius 3 is 1.34 bits per heavy atom. The molecule has 1 heterocycles. The number of benzene rings is 10. The molecule has 10 aromatic carbocycles. The molecule has 0 saturated carbocycles. The van der Waals surface area contributed by atoms with Gasteiger partial charge < -0.3 is 9.32 Å². The topological polar surface area (TPSA) is 16.4 Å². The fourth-order valence-corrected chi connectivity index (χ4v) is 11.7. The van der Waals surface area contributed by atoms with Crippen LogP contribution in [-0.2, 0) is 10.8 Å². The van der Waals surface area contributed by atoms with Crippen molar-refractivity contribution in [1.29, 1.82) is 0 Å². The van der Waals surface area contributed by atoms with E-state index in [9.17, 15) is 0 Å². The first-order valence-electron chi connectivity index (χ1n) is 23.2. The lowest BCUT2D eigenvalue weighted by Gasteiger charge is -2.36. The van der Waals surface area contributed by atoms with E-state index in [0.29, 0.717) is 0 Å². The maximum atomic E-state index is 5.84. The van der Waals surface area contributed by atoms with Crippen LogP contribution in [0.25, 0.3) is 44.3 Å². The van der Waals surface area contributed by atoms with Gasteiger partial charge in [-0.15, -0.1) is 0 Å². The van der Waals surface area contributed by atoms with E-state index in [1.54, 1.807) is 6.26 Å². The fourth-order valence-electron chi connectivity index (χ4n) is 11.7. The lowest BCUT2D eigenvalue weighted by atomic mass is 9.67. The first kappa shape index (κ1) is 39.0. The van der Waals surface area contributed by atoms with Crippen LogP contribution in [0, 0.1) is 6.92 Å². The van der Waals surface area contributed by atoms with Crippen molar-refractivity contribution in [3.8, 4) is 33.4 Å². The first-order valence-corrected chi connectivity index (χ1v) is 23.2. The number of nitrogens with zero attached hydrogens (tertiary/aromatic N) is 1. The zero-order valence-electron chi connectivity index (χ0n) is 37.1. The Morgan fingerprint density at radius 1 is 0.328 bits per heavy atom. The summed E-state index contributed by atoms with van der Waals surface area (Å²) in [6.07, 6.45) is 1.76. The molecule has 11 aromatic rings. The number of furan rings is 1. The van der Waals surface area contributed by atoms with Crippen LogP contribution in [-0.4, -0.2) is 0 Å². The highest BCUT2D eigenvalue weighted by Crippen LogP contribution is 2.59. The molecule has 2 nitrogen and oxygen atoms in total. The van der Waals surface area contributed by atoms with Crippen LogP contribution in [0.2, 0.25) is 0 Å². The van der Waals surface area contributed by atoms with Gasteiger partial charge in [0.2, 0.25) is 0 Å². The molecule has 0 fully saturated rings. The molecule has 1 atom stereocenters. The van der Waals surface area contributed by atoms with Gasteiger partial charge in [0.05, 0.1) is 17.1 Å². The fraction of sp³-hybridized carbons (Fsp3) is 0.0462. The Hall–Kier alpha value is -8.46. The third-order valence-electron chi connectivity index (χ3n) is 14.6. The second-order valence-corrected chi connectivity index (χ2v) is 18.1. The molecule has 0 bridgehead atoms. The van der Waals surface area contributed by atoms with Gasteiger partial charge in [0.1, 0.15) is 5.58 Å². The zero-order valence-corrected chi connectivity index (χ0v) is 37.1. The lowest BCUT2D eigenvalue weighted by molar-refractivity contribution is 0.616. The molecule has 2 heteroatoms. The predicted octanol–water partition coefficient (Wildman–Crippen LogP) is 16.6. The highest BCUT2D eigenvalue weighted by atomic mass is 16.3. The monoisotopic (exact) mass is 855 g/mol. The van der Waals surface area contributed by atoms with Gasteiger partial charge >= 0.3 is 0 Å². The first-order chi connectivity index (χ1) is 33.1. The average Bonchev–Trinajstić information content (AvgIpc) is 4.07. The largest absolute Gasteiger partial charge is 0.464 e. The molecule has 0 aliphatic heterocycles. The van der Waals surface area contributed by atoms with Gasteiger partial charge in [-0.25, -0.2) is 0 Å². The zero-order chi connectivity index (χ0) is 44.5. The number of aryl methyl sites for hydroxylation is 1. The van der Waals surface area contributed by atoms with Gasteiger partial charge in [-0.1, -0.05) is 206 Å². The summed E-state index contributed by atoms with van der Waals surface area (Å²) in [4.78, 5) is 2.47. The minimum atomic E-state index is -0.551. The molecule has 0 N–H and O–H groups in total. The van der Waals surface area contributed by atoms with Crippen LogP contribution in [0.5, 0.6) is 0 Å². The normalized spacial score (nSPS) is 15.1. The van der Waals surface area contributed by atoms with E-state index < -0.39 is 10.8 Å². The summed E-state index contributed by atoms with van der Waals surface area (Å²) in [6, 6.07) is 92.3. The average molecular weight is 856 g/mol. The molecular formula is C65H45NO. The summed E-state index contributed by atoms with van der Waals surface area (Å²) in [7, 11) is 0. The summed E-state index contributed by atoms with van der Waals surface area (Å²) in [6.45, 7) is 2.20. The number of rotatable bonds is 8. The molecular weight excluding hydrogens is 811 g/mol. The molecule has 13 rings (SSSR count). The van der Waals surface area contributed by atoms with Crippen LogP contribution in [0.4, 0.5) is 17.1 Å². The SMILES string of the molecule is Cc1cccc(C2(c3ccccc3)c3ccccc3-c3ccc(N(c4ccc(-c5ccc6ccoc6c5)cc4)c4ccc5c(c4)C(c4ccccc4)(c4ccccc4)c4ccccc4-5)cc32)c1. The van der Waals surface area contributed by atoms with Crippen LogP contribution in [0.3, 0.4) is 0 Å². The van der Waals surface area contributed by atoms with Crippen LogP contribution >= 0.6 is 0 Å². The van der Waals surface area contributed by atoms with E-state index in [0.717, 1.165) is 39.2 Å². The molecule has 1 unspecified atom stereocenters. The number of hydrogen-bond donors (Lipinski definition) is 0. The molecule has 2 aliphatic carbocycles. The van der Waals surface area contributed by atoms with Crippen molar-refractivity contribution >= 4 is 28.0 Å². The van der Waals surface area contributed by atoms with E-state index in [-0.39, 0.29) is 0 Å².